The fourth-order valence-electron chi connectivity index (χ4n) is 8.85. The quantitative estimate of drug-likeness (QED) is 0.221. The number of piperidine rings is 1. The maximum atomic E-state index is 14.6. The number of phenols is 2. The summed E-state index contributed by atoms with van der Waals surface area (Å²) in [6.07, 6.45) is 4.02. The molecule has 2 aromatic rings. The minimum atomic E-state index is -1.96. The van der Waals surface area contributed by atoms with Crippen molar-refractivity contribution >= 4 is 28.2 Å². The molecule has 1 amide bonds. The molecule has 0 radical (unpaired) electrons. The monoisotopic (exact) mass is 820 g/mol. The van der Waals surface area contributed by atoms with E-state index in [1.807, 2.05) is 0 Å². The van der Waals surface area contributed by atoms with Crippen LogP contribution < -0.4 is 20.8 Å². The molecule has 0 saturated carbocycles. The lowest BCUT2D eigenvalue weighted by molar-refractivity contribution is -0.112. The number of aromatic hydroxyl groups is 2. The summed E-state index contributed by atoms with van der Waals surface area (Å²) >= 11 is 0. The molecule has 1 spiro atoms. The van der Waals surface area contributed by atoms with Crippen LogP contribution in [-0.2, 0) is 14.3 Å². The van der Waals surface area contributed by atoms with Gasteiger partial charge >= 0.3 is 5.79 Å². The predicted molar refractivity (Wildman–Crippen MR) is 220 cm³/mol. The van der Waals surface area contributed by atoms with Gasteiger partial charge in [-0.15, -0.1) is 0 Å². The van der Waals surface area contributed by atoms with Crippen LogP contribution in [0.15, 0.2) is 46.1 Å². The summed E-state index contributed by atoms with van der Waals surface area (Å²) < 4.78 is 18.0. The number of ether oxygens (including phenoxy) is 3. The van der Waals surface area contributed by atoms with Crippen molar-refractivity contribution in [3.05, 3.63) is 58.0 Å². The van der Waals surface area contributed by atoms with Crippen molar-refractivity contribution in [2.45, 2.75) is 104 Å². The molecule has 0 aliphatic carbocycles. The molecule has 6 rings (SSSR count). The third-order valence-electron chi connectivity index (χ3n) is 12.6. The Morgan fingerprint density at radius 2 is 1.61 bits per heavy atom. The van der Waals surface area contributed by atoms with Crippen molar-refractivity contribution in [1.29, 1.82) is 0 Å². The van der Waals surface area contributed by atoms with Crippen molar-refractivity contribution in [3.8, 4) is 17.2 Å². The lowest BCUT2D eigenvalue weighted by atomic mass is 9.78. The first kappa shape index (κ1) is 44.2. The predicted octanol–water partition coefficient (Wildman–Crippen LogP) is 3.15. The number of allylic oxidation sites excluding steroid dienone is 2. The van der Waals surface area contributed by atoms with E-state index >= 15 is 0 Å². The number of nitrogens with one attached hydrogen (secondary N) is 1. The first-order chi connectivity index (χ1) is 27.8. The molecule has 0 aromatic heterocycles. The van der Waals surface area contributed by atoms with Crippen molar-refractivity contribution in [3.63, 3.8) is 0 Å². The Hall–Kier alpha value is -4.38. The highest BCUT2D eigenvalue weighted by molar-refractivity contribution is 6.19. The smallest absolute Gasteiger partial charge is 0.312 e. The summed E-state index contributed by atoms with van der Waals surface area (Å²) in [6, 6.07) is 0. The van der Waals surface area contributed by atoms with Crippen LogP contribution in [0.3, 0.4) is 0 Å². The highest BCUT2D eigenvalue weighted by Crippen LogP contribution is 2.50. The molecule has 59 heavy (non-hydrogen) atoms. The second-order valence-electron chi connectivity index (χ2n) is 17.4. The number of amides is 1. The van der Waals surface area contributed by atoms with Crippen LogP contribution in [-0.4, -0.2) is 116 Å². The molecule has 4 aliphatic rings. The van der Waals surface area contributed by atoms with Crippen LogP contribution in [0.25, 0.3) is 10.8 Å². The van der Waals surface area contributed by atoms with E-state index in [1.54, 1.807) is 46.8 Å². The van der Waals surface area contributed by atoms with Gasteiger partial charge in [-0.1, -0.05) is 52.8 Å². The van der Waals surface area contributed by atoms with Crippen molar-refractivity contribution in [2.75, 3.05) is 38.7 Å². The summed E-state index contributed by atoms with van der Waals surface area (Å²) in [7, 11) is 1.44. The molecular formula is C44H60N4O11. The SMILES string of the molecule is CO[C@H]1/C=C/O[C@@]2(C)Oc3c(C)c(O)c4c(O)c(c5c(c4c3C2=O)=NC2(CCN(CC(C)C)CC2)N=5)NC(=O)/C(C)=C\C=C\[C@H](C)[C@H](O)[C@@H](CO)[C@@H](O)[C@@H](C)[C@H](O)[C@@H]1C. The number of likely N-dealkylation sites (tertiary alicyclic amines) is 1. The van der Waals surface area contributed by atoms with Gasteiger partial charge in [0, 0.05) is 86.7 Å². The number of ketones is 1. The lowest BCUT2D eigenvalue weighted by Crippen LogP contribution is -2.47. The van der Waals surface area contributed by atoms with Gasteiger partial charge in [0.2, 0.25) is 0 Å². The highest BCUT2D eigenvalue weighted by atomic mass is 16.7. The standard InChI is InChI=1S/C44H60N4O11/c1-21(2)19-48-16-14-44(15-17-48)46-32-29-30-38(53)26(7)40-31(29)41(55)43(8,59-40)58-18-13-28(57-9)24(5)36(51)25(6)37(52)27(20-49)35(50)22(3)11-10-12-23(4)42(56)45-34(39(30)54)33(32)47-44/h10-13,18,21-22,24-25,27-28,35-37,49-54H,14-17,19-20H2,1-9H3,(H,45,56)/b11-10+,18-13+,23-12-/t22-,24+,25-,27+,28-,35-,36+,37-,43-/m0/s1. The Balaban J connectivity index is 1.54. The molecule has 4 aliphatic heterocycles. The second kappa shape index (κ2) is 16.9. The fraction of sp³-hybridized carbons (Fsp3) is 0.591. The number of aliphatic hydroxyl groups is 4. The van der Waals surface area contributed by atoms with Gasteiger partial charge in [0.05, 0.1) is 53.6 Å². The molecule has 4 heterocycles. The van der Waals surface area contributed by atoms with E-state index in [4.69, 9.17) is 24.2 Å². The number of hydrogen-bond acceptors (Lipinski definition) is 14. The average Bonchev–Trinajstić information content (AvgIpc) is 3.70. The number of Topliss-reactive ketones (excluding diaryl/α,β-unsaturated/α-hetero) is 1. The van der Waals surface area contributed by atoms with Gasteiger partial charge in [-0.2, -0.15) is 0 Å². The number of rotatable bonds is 4. The van der Waals surface area contributed by atoms with E-state index in [-0.39, 0.29) is 55.4 Å². The summed E-state index contributed by atoms with van der Waals surface area (Å²) in [5, 5.41) is 71.4. The van der Waals surface area contributed by atoms with Crippen molar-refractivity contribution < 1.29 is 54.4 Å². The Kier molecular flexibility index (Phi) is 12.7. The Morgan fingerprint density at radius 1 is 0.949 bits per heavy atom. The molecule has 15 heteroatoms. The summed E-state index contributed by atoms with van der Waals surface area (Å²) in [4.78, 5) is 41.1. The van der Waals surface area contributed by atoms with Crippen LogP contribution in [0.1, 0.15) is 77.2 Å². The summed E-state index contributed by atoms with van der Waals surface area (Å²) in [6.45, 7) is 15.6. The number of carbonyl (C=O) groups is 2. The van der Waals surface area contributed by atoms with E-state index in [9.17, 15) is 40.2 Å². The zero-order chi connectivity index (χ0) is 43.3. The zero-order valence-electron chi connectivity index (χ0n) is 35.4. The first-order valence-corrected chi connectivity index (χ1v) is 20.5. The van der Waals surface area contributed by atoms with Gasteiger partial charge in [0.25, 0.3) is 11.7 Å². The maximum absolute atomic E-state index is 14.6. The molecule has 9 atom stereocenters. The van der Waals surface area contributed by atoms with E-state index in [1.165, 1.54) is 32.4 Å². The largest absolute Gasteiger partial charge is 0.507 e. The molecule has 1 fully saturated rings. The third kappa shape index (κ3) is 8.00. The van der Waals surface area contributed by atoms with Gasteiger partial charge < -0.3 is 55.1 Å². The van der Waals surface area contributed by atoms with Crippen LogP contribution in [0, 0.1) is 36.5 Å². The number of hydrogen-bond donors (Lipinski definition) is 7. The van der Waals surface area contributed by atoms with Crippen LogP contribution in [0.5, 0.6) is 17.2 Å². The van der Waals surface area contributed by atoms with E-state index in [2.05, 4.69) is 24.1 Å². The maximum Gasteiger partial charge on any atom is 0.312 e. The van der Waals surface area contributed by atoms with Crippen LogP contribution in [0.2, 0.25) is 0 Å². The van der Waals surface area contributed by atoms with Gasteiger partial charge in [0.15, 0.2) is 11.4 Å². The number of methoxy groups -OCH3 is 1. The van der Waals surface area contributed by atoms with Gasteiger partial charge in [-0.25, -0.2) is 0 Å². The molecule has 1 saturated heterocycles. The van der Waals surface area contributed by atoms with Crippen LogP contribution in [0.4, 0.5) is 5.69 Å². The van der Waals surface area contributed by atoms with E-state index < -0.39 is 83.6 Å². The Bertz CT molecular complexity index is 2190. The minimum absolute atomic E-state index is 0.0316. The number of carbonyl (C=O) groups excluding carboxylic acids is 2. The fourth-order valence-corrected chi connectivity index (χ4v) is 8.85. The number of phenolic OH excluding ortho intramolecular Hbond substituents is 2. The number of fused-ring (bicyclic) bond motifs is 1. The number of anilines is 1. The molecule has 4 bridgehead atoms. The molecule has 0 unspecified atom stereocenters. The number of aliphatic hydroxyl groups excluding tert-OH is 4. The highest BCUT2D eigenvalue weighted by Gasteiger charge is 2.50. The second-order valence-corrected chi connectivity index (χ2v) is 17.4. The van der Waals surface area contributed by atoms with Gasteiger partial charge in [0.1, 0.15) is 22.5 Å². The third-order valence-corrected chi connectivity index (χ3v) is 12.6. The number of benzene rings is 2. The van der Waals surface area contributed by atoms with E-state index in [0.29, 0.717) is 31.8 Å². The normalized spacial score (nSPS) is 33.5. The zero-order valence-corrected chi connectivity index (χ0v) is 35.4. The summed E-state index contributed by atoms with van der Waals surface area (Å²) in [5.41, 5.74) is -0.634. The summed E-state index contributed by atoms with van der Waals surface area (Å²) in [5.74, 6) is -6.65. The topological polar surface area (TPSA) is 223 Å². The Morgan fingerprint density at radius 3 is 2.24 bits per heavy atom. The van der Waals surface area contributed by atoms with Crippen LogP contribution >= 0.6 is 0 Å². The van der Waals surface area contributed by atoms with Gasteiger partial charge in [-0.3, -0.25) is 19.6 Å². The average molecular weight is 821 g/mol. The molecule has 322 valence electrons. The molecule has 7 N–H and O–H groups in total. The molecular weight excluding hydrogens is 761 g/mol. The van der Waals surface area contributed by atoms with Crippen molar-refractivity contribution in [2.24, 2.45) is 39.6 Å². The minimum Gasteiger partial charge on any atom is -0.507 e. The van der Waals surface area contributed by atoms with E-state index in [0.717, 1.165) is 6.54 Å². The first-order valence-electron chi connectivity index (χ1n) is 20.5. The molecule has 2 aromatic carbocycles. The number of nitrogens with zero attached hydrogens (tertiary/aromatic N) is 3. The Labute approximate surface area is 344 Å². The molecule has 15 nitrogen and oxygen atoms in total. The lowest BCUT2D eigenvalue weighted by Gasteiger charge is -2.36. The van der Waals surface area contributed by atoms with Gasteiger partial charge in [-0.05, 0) is 25.8 Å². The van der Waals surface area contributed by atoms with Crippen molar-refractivity contribution in [1.82, 2.24) is 4.90 Å².